The number of nitrogens with one attached hydrogen (secondary N) is 1. The van der Waals surface area contributed by atoms with E-state index in [9.17, 15) is 4.79 Å². The van der Waals surface area contributed by atoms with Gasteiger partial charge in [0.15, 0.2) is 11.5 Å². The zero-order chi connectivity index (χ0) is 21.5. The predicted octanol–water partition coefficient (Wildman–Crippen LogP) is 4.67. The van der Waals surface area contributed by atoms with E-state index in [2.05, 4.69) is 16.9 Å². The van der Waals surface area contributed by atoms with E-state index in [1.54, 1.807) is 26.0 Å². The van der Waals surface area contributed by atoms with E-state index < -0.39 is 0 Å². The van der Waals surface area contributed by atoms with Gasteiger partial charge in [-0.05, 0) is 60.5 Å². The fourth-order valence-corrected chi connectivity index (χ4v) is 3.59. The van der Waals surface area contributed by atoms with E-state index in [4.69, 9.17) is 14.5 Å². The number of benzene rings is 2. The summed E-state index contributed by atoms with van der Waals surface area (Å²) in [5.41, 5.74) is 2.76. The molecule has 0 bridgehead atoms. The second kappa shape index (κ2) is 9.93. The Morgan fingerprint density at radius 3 is 2.53 bits per heavy atom. The summed E-state index contributed by atoms with van der Waals surface area (Å²) in [6.07, 6.45) is 3.66. The van der Waals surface area contributed by atoms with Crippen LogP contribution in [0.15, 0.2) is 71.2 Å². The van der Waals surface area contributed by atoms with Crippen LogP contribution in [0.4, 0.5) is 5.69 Å². The Kier molecular flexibility index (Phi) is 7.08. The maximum Gasteiger partial charge on any atom is 0.247 e. The molecule has 1 heterocycles. The predicted molar refractivity (Wildman–Crippen MR) is 119 cm³/mol. The highest BCUT2D eigenvalue weighted by Crippen LogP contribution is 2.31. The average Bonchev–Trinajstić information content (AvgIpc) is 2.77. The zero-order valence-electron chi connectivity index (χ0n) is 17.1. The first kappa shape index (κ1) is 21.4. The number of nitrogens with zero attached hydrogens (tertiary/aromatic N) is 2. The van der Waals surface area contributed by atoms with Crippen LogP contribution in [-0.2, 0) is 11.2 Å². The van der Waals surface area contributed by atoms with Crippen molar-refractivity contribution in [2.75, 3.05) is 19.5 Å². The molecule has 2 aromatic carbocycles. The molecule has 30 heavy (non-hydrogen) atoms. The van der Waals surface area contributed by atoms with Crippen molar-refractivity contribution in [1.29, 1.82) is 0 Å². The second-order valence-corrected chi connectivity index (χ2v) is 7.52. The summed E-state index contributed by atoms with van der Waals surface area (Å²) in [5, 5.41) is 3.63. The summed E-state index contributed by atoms with van der Waals surface area (Å²) in [6, 6.07) is 13.4. The van der Waals surface area contributed by atoms with Crippen molar-refractivity contribution < 1.29 is 14.3 Å². The molecule has 0 radical (unpaired) electrons. The Morgan fingerprint density at radius 2 is 1.87 bits per heavy atom. The number of hydrogen-bond acceptors (Lipinski definition) is 6. The molecular weight excluding hydrogens is 398 g/mol. The molecule has 6 nitrogen and oxygen atoms in total. The smallest absolute Gasteiger partial charge is 0.247 e. The van der Waals surface area contributed by atoms with Crippen LogP contribution in [0, 0.1) is 6.92 Å². The lowest BCUT2D eigenvalue weighted by Crippen LogP contribution is -2.06. The van der Waals surface area contributed by atoms with Gasteiger partial charge in [0, 0.05) is 23.2 Å². The number of rotatable bonds is 8. The van der Waals surface area contributed by atoms with Crippen LogP contribution in [0.2, 0.25) is 0 Å². The maximum atomic E-state index is 11.4. The molecular formula is C23H23N3O3S. The molecule has 0 unspecified atom stereocenters. The topological polar surface area (TPSA) is 73.3 Å². The summed E-state index contributed by atoms with van der Waals surface area (Å²) in [5.74, 6) is 1.86. The Hall–Kier alpha value is -3.32. The molecule has 1 amide bonds. The molecule has 0 aliphatic carbocycles. The molecule has 0 saturated carbocycles. The van der Waals surface area contributed by atoms with Crippen LogP contribution < -0.4 is 14.8 Å². The van der Waals surface area contributed by atoms with E-state index in [1.807, 2.05) is 55.6 Å². The molecule has 0 atom stereocenters. The maximum absolute atomic E-state index is 11.4. The molecule has 154 valence electrons. The van der Waals surface area contributed by atoms with Gasteiger partial charge in [-0.25, -0.2) is 9.97 Å². The van der Waals surface area contributed by atoms with Gasteiger partial charge in [0.25, 0.3) is 0 Å². The number of aryl methyl sites for hydroxylation is 1. The average molecular weight is 422 g/mol. The first-order valence-electron chi connectivity index (χ1n) is 9.27. The number of amides is 1. The Bertz CT molecular complexity index is 1050. The standard InChI is InChI=1S/C23H23N3O3S/c1-5-22(27)25-17-7-9-18(10-8-17)30-23-15(2)14-24-21(26-23)13-16-6-11-19(28-3)20(12-16)29-4/h5-12,14H,1,13H2,2-4H3,(H,25,27). The Morgan fingerprint density at radius 1 is 1.13 bits per heavy atom. The number of carbonyl (C=O) groups is 1. The van der Waals surface area contributed by atoms with E-state index in [0.717, 1.165) is 32.6 Å². The molecule has 0 spiro atoms. The van der Waals surface area contributed by atoms with E-state index in [-0.39, 0.29) is 5.91 Å². The number of aromatic nitrogens is 2. The monoisotopic (exact) mass is 421 g/mol. The van der Waals surface area contributed by atoms with Crippen molar-refractivity contribution >= 4 is 23.4 Å². The van der Waals surface area contributed by atoms with Crippen molar-refractivity contribution in [3.8, 4) is 11.5 Å². The van der Waals surface area contributed by atoms with Crippen molar-refractivity contribution in [1.82, 2.24) is 9.97 Å². The minimum absolute atomic E-state index is 0.234. The number of methoxy groups -OCH3 is 2. The van der Waals surface area contributed by atoms with Gasteiger partial charge in [-0.3, -0.25) is 4.79 Å². The molecule has 1 N–H and O–H groups in total. The molecule has 7 heteroatoms. The van der Waals surface area contributed by atoms with Crippen LogP contribution in [0.5, 0.6) is 11.5 Å². The quantitative estimate of drug-likeness (QED) is 0.421. The highest BCUT2D eigenvalue weighted by Gasteiger charge is 2.10. The fourth-order valence-electron chi connectivity index (χ4n) is 2.73. The SMILES string of the molecule is C=CC(=O)Nc1ccc(Sc2nc(Cc3ccc(OC)c(OC)c3)ncc2C)cc1. The van der Waals surface area contributed by atoms with E-state index in [1.165, 1.54) is 6.08 Å². The molecule has 3 aromatic rings. The van der Waals surface area contributed by atoms with Gasteiger partial charge in [0.05, 0.1) is 14.2 Å². The fraction of sp³-hybridized carbons (Fsp3) is 0.174. The molecule has 0 saturated heterocycles. The van der Waals surface area contributed by atoms with Crippen LogP contribution in [-0.4, -0.2) is 30.1 Å². The highest BCUT2D eigenvalue weighted by molar-refractivity contribution is 7.99. The van der Waals surface area contributed by atoms with Crippen LogP contribution in [0.3, 0.4) is 0 Å². The largest absolute Gasteiger partial charge is 0.493 e. The van der Waals surface area contributed by atoms with Gasteiger partial charge in [0.1, 0.15) is 10.9 Å². The first-order valence-corrected chi connectivity index (χ1v) is 10.1. The number of ether oxygens (including phenoxy) is 2. The number of anilines is 1. The molecule has 3 rings (SSSR count). The third kappa shape index (κ3) is 5.39. The normalized spacial score (nSPS) is 10.4. The molecule has 0 fully saturated rings. The number of carbonyl (C=O) groups excluding carboxylic acids is 1. The van der Waals surface area contributed by atoms with Crippen molar-refractivity contribution in [3.05, 3.63) is 78.3 Å². The highest BCUT2D eigenvalue weighted by atomic mass is 32.2. The summed E-state index contributed by atoms with van der Waals surface area (Å²) in [7, 11) is 3.23. The van der Waals surface area contributed by atoms with Crippen molar-refractivity contribution in [2.24, 2.45) is 0 Å². The van der Waals surface area contributed by atoms with Gasteiger partial charge in [-0.2, -0.15) is 0 Å². The van der Waals surface area contributed by atoms with Crippen LogP contribution >= 0.6 is 11.8 Å². The van der Waals surface area contributed by atoms with Gasteiger partial charge < -0.3 is 14.8 Å². The minimum atomic E-state index is -0.234. The summed E-state index contributed by atoms with van der Waals surface area (Å²) >= 11 is 1.56. The van der Waals surface area contributed by atoms with Crippen LogP contribution in [0.25, 0.3) is 0 Å². The molecule has 0 aliphatic rings. The Labute approximate surface area is 180 Å². The minimum Gasteiger partial charge on any atom is -0.493 e. The summed E-state index contributed by atoms with van der Waals surface area (Å²) in [4.78, 5) is 21.6. The van der Waals surface area contributed by atoms with Gasteiger partial charge in [-0.1, -0.05) is 24.4 Å². The van der Waals surface area contributed by atoms with Crippen LogP contribution in [0.1, 0.15) is 17.0 Å². The lowest BCUT2D eigenvalue weighted by atomic mass is 10.1. The summed E-state index contributed by atoms with van der Waals surface area (Å²) < 4.78 is 10.7. The zero-order valence-corrected chi connectivity index (χ0v) is 18.0. The summed E-state index contributed by atoms with van der Waals surface area (Å²) in [6.45, 7) is 5.44. The third-order valence-electron chi connectivity index (χ3n) is 4.31. The van der Waals surface area contributed by atoms with Gasteiger partial charge in [0.2, 0.25) is 5.91 Å². The first-order chi connectivity index (χ1) is 14.5. The van der Waals surface area contributed by atoms with Gasteiger partial charge >= 0.3 is 0 Å². The Balaban J connectivity index is 1.75. The van der Waals surface area contributed by atoms with Crippen molar-refractivity contribution in [3.63, 3.8) is 0 Å². The van der Waals surface area contributed by atoms with Crippen molar-refractivity contribution in [2.45, 2.75) is 23.3 Å². The molecule has 0 aliphatic heterocycles. The lowest BCUT2D eigenvalue weighted by Gasteiger charge is -2.10. The second-order valence-electron chi connectivity index (χ2n) is 6.46. The molecule has 1 aromatic heterocycles. The number of hydrogen-bond donors (Lipinski definition) is 1. The van der Waals surface area contributed by atoms with E-state index in [0.29, 0.717) is 17.9 Å². The van der Waals surface area contributed by atoms with Gasteiger partial charge in [-0.15, -0.1) is 0 Å². The lowest BCUT2D eigenvalue weighted by molar-refractivity contribution is -0.111. The third-order valence-corrected chi connectivity index (χ3v) is 5.42. The van der Waals surface area contributed by atoms with E-state index >= 15 is 0 Å².